The number of benzene rings is 1. The fraction of sp³-hybridized carbons (Fsp3) is 0.100. The largest absolute Gasteiger partial charge is 0.412 e. The molecule has 1 aromatic heterocycles. The maximum absolute atomic E-state index is 10.7. The van der Waals surface area contributed by atoms with Gasteiger partial charge < -0.3 is 16.9 Å². The predicted octanol–water partition coefficient (Wildman–Crippen LogP) is 0.0904. The molecule has 0 fully saturated rings. The number of hydrogen-bond donors (Lipinski definition) is 2. The second kappa shape index (κ2) is 4.11. The lowest BCUT2D eigenvalue weighted by atomic mass is 10.0. The average Bonchev–Trinajstić information content (AvgIpc) is 2.17. The van der Waals surface area contributed by atoms with Crippen molar-refractivity contribution < 1.29 is 10.3 Å². The van der Waals surface area contributed by atoms with Crippen LogP contribution >= 0.6 is 0 Å². The molecule has 84 valence electrons. The van der Waals surface area contributed by atoms with Crippen molar-refractivity contribution in [2.45, 2.75) is 6.92 Å². The van der Waals surface area contributed by atoms with Crippen LogP contribution in [0, 0.1) is 6.92 Å². The van der Waals surface area contributed by atoms with Crippen LogP contribution in [0.4, 0.5) is 11.8 Å². The van der Waals surface area contributed by atoms with E-state index >= 15 is 0 Å². The van der Waals surface area contributed by atoms with Gasteiger partial charge in [-0.15, -0.1) is 0 Å². The molecule has 0 atom stereocenters. The van der Waals surface area contributed by atoms with Gasteiger partial charge in [0, 0.05) is 10.9 Å². The zero-order valence-corrected chi connectivity index (χ0v) is 8.69. The van der Waals surface area contributed by atoms with Gasteiger partial charge in [0.2, 0.25) is 5.95 Å². The zero-order valence-electron chi connectivity index (χ0n) is 8.69. The topological polar surface area (TPSA) is 126 Å². The van der Waals surface area contributed by atoms with E-state index in [0.29, 0.717) is 22.3 Å². The van der Waals surface area contributed by atoms with Crippen LogP contribution < -0.4 is 11.5 Å². The number of carbonyl (C=O) groups excluding carboxylic acids is 1. The van der Waals surface area contributed by atoms with Crippen LogP contribution in [0.5, 0.6) is 0 Å². The fourth-order valence-corrected chi connectivity index (χ4v) is 1.59. The Labute approximate surface area is 91.6 Å². The molecular formula is C10H12N4O2. The SMILES string of the molecule is Cc1c(C=O)ccc2nc(N)nc(N)c12.O. The standard InChI is InChI=1S/C10H10N4O.H2O/c1-5-6(4-15)2-3-7-8(5)9(11)14-10(12)13-7;/h2-4H,1H3,(H4,11,12,13,14);1H2. The molecule has 1 aromatic carbocycles. The van der Waals surface area contributed by atoms with Gasteiger partial charge in [0.1, 0.15) is 12.1 Å². The molecule has 0 amide bonds. The molecular weight excluding hydrogens is 208 g/mol. The van der Waals surface area contributed by atoms with E-state index in [1.807, 2.05) is 6.92 Å². The van der Waals surface area contributed by atoms with Crippen LogP contribution in [0.25, 0.3) is 10.9 Å². The molecule has 2 rings (SSSR count). The van der Waals surface area contributed by atoms with Gasteiger partial charge in [-0.05, 0) is 24.6 Å². The van der Waals surface area contributed by atoms with Crippen LogP contribution in [0.3, 0.4) is 0 Å². The molecule has 0 saturated carbocycles. The third kappa shape index (κ3) is 1.66. The summed E-state index contributed by atoms with van der Waals surface area (Å²) < 4.78 is 0. The third-order valence-corrected chi connectivity index (χ3v) is 2.34. The average molecular weight is 220 g/mol. The Morgan fingerprint density at radius 1 is 1.25 bits per heavy atom. The summed E-state index contributed by atoms with van der Waals surface area (Å²) in [5.41, 5.74) is 13.2. The van der Waals surface area contributed by atoms with Gasteiger partial charge in [0.15, 0.2) is 0 Å². The molecule has 0 unspecified atom stereocenters. The third-order valence-electron chi connectivity index (χ3n) is 2.34. The molecule has 6 N–H and O–H groups in total. The fourth-order valence-electron chi connectivity index (χ4n) is 1.59. The lowest BCUT2D eigenvalue weighted by Crippen LogP contribution is -2.02. The summed E-state index contributed by atoms with van der Waals surface area (Å²) in [5.74, 6) is 0.442. The first-order valence-electron chi connectivity index (χ1n) is 4.41. The van der Waals surface area contributed by atoms with E-state index in [1.165, 1.54) is 0 Å². The van der Waals surface area contributed by atoms with Crippen molar-refractivity contribution in [1.29, 1.82) is 0 Å². The van der Waals surface area contributed by atoms with Crippen LogP contribution in [0.1, 0.15) is 15.9 Å². The summed E-state index contributed by atoms with van der Waals surface area (Å²) in [5, 5.41) is 0.689. The first-order valence-corrected chi connectivity index (χ1v) is 4.41. The Balaban J connectivity index is 0.00000128. The molecule has 0 aliphatic carbocycles. The molecule has 0 aliphatic heterocycles. The van der Waals surface area contributed by atoms with Gasteiger partial charge in [0.05, 0.1) is 5.52 Å². The van der Waals surface area contributed by atoms with Crippen molar-refractivity contribution in [1.82, 2.24) is 9.97 Å². The molecule has 0 aliphatic rings. The van der Waals surface area contributed by atoms with Crippen LogP contribution in [0.2, 0.25) is 0 Å². The van der Waals surface area contributed by atoms with E-state index in [4.69, 9.17) is 11.5 Å². The number of fused-ring (bicyclic) bond motifs is 1. The van der Waals surface area contributed by atoms with Gasteiger partial charge in [-0.1, -0.05) is 0 Å². The maximum atomic E-state index is 10.7. The van der Waals surface area contributed by atoms with Crippen LogP contribution in [0.15, 0.2) is 12.1 Å². The number of rotatable bonds is 1. The summed E-state index contributed by atoms with van der Waals surface area (Å²) in [6.07, 6.45) is 0.782. The number of hydrogen-bond acceptors (Lipinski definition) is 5. The summed E-state index contributed by atoms with van der Waals surface area (Å²) in [4.78, 5) is 18.7. The molecule has 0 radical (unpaired) electrons. The molecule has 2 aromatic rings. The van der Waals surface area contributed by atoms with Crippen molar-refractivity contribution in [3.05, 3.63) is 23.3 Å². The molecule has 16 heavy (non-hydrogen) atoms. The number of nitrogen functional groups attached to an aromatic ring is 2. The number of nitrogens with zero attached hydrogens (tertiary/aromatic N) is 2. The van der Waals surface area contributed by atoms with Crippen molar-refractivity contribution in [3.63, 3.8) is 0 Å². The molecule has 6 heteroatoms. The summed E-state index contributed by atoms with van der Waals surface area (Å²) >= 11 is 0. The highest BCUT2D eigenvalue weighted by molar-refractivity contribution is 5.97. The van der Waals surface area contributed by atoms with Gasteiger partial charge in [-0.3, -0.25) is 4.79 Å². The smallest absolute Gasteiger partial charge is 0.222 e. The molecule has 0 saturated heterocycles. The highest BCUT2D eigenvalue weighted by Crippen LogP contribution is 2.24. The van der Waals surface area contributed by atoms with E-state index in [2.05, 4.69) is 9.97 Å². The van der Waals surface area contributed by atoms with E-state index in [-0.39, 0.29) is 11.4 Å². The minimum Gasteiger partial charge on any atom is -0.412 e. The summed E-state index contributed by atoms with van der Waals surface area (Å²) in [6.45, 7) is 1.81. The Hall–Kier alpha value is -2.21. The first-order chi connectivity index (χ1) is 7.13. The Kier molecular flexibility index (Phi) is 3.05. The predicted molar refractivity (Wildman–Crippen MR) is 62.1 cm³/mol. The second-order valence-corrected chi connectivity index (χ2v) is 3.26. The maximum Gasteiger partial charge on any atom is 0.222 e. The minimum absolute atomic E-state index is 0. The minimum atomic E-state index is 0. The Morgan fingerprint density at radius 3 is 2.56 bits per heavy atom. The number of aryl methyl sites for hydroxylation is 1. The highest BCUT2D eigenvalue weighted by atomic mass is 16.1. The van der Waals surface area contributed by atoms with Crippen molar-refractivity contribution in [3.8, 4) is 0 Å². The Bertz CT molecular complexity index is 554. The summed E-state index contributed by atoms with van der Waals surface area (Å²) in [7, 11) is 0. The zero-order chi connectivity index (χ0) is 11.0. The van der Waals surface area contributed by atoms with Gasteiger partial charge in [0.25, 0.3) is 0 Å². The lowest BCUT2D eigenvalue weighted by Gasteiger charge is -2.06. The van der Waals surface area contributed by atoms with Crippen molar-refractivity contribution >= 4 is 29.0 Å². The summed E-state index contributed by atoms with van der Waals surface area (Å²) in [6, 6.07) is 3.40. The highest BCUT2D eigenvalue weighted by Gasteiger charge is 2.08. The van der Waals surface area contributed by atoms with Crippen LogP contribution in [-0.2, 0) is 0 Å². The number of anilines is 2. The van der Waals surface area contributed by atoms with Crippen molar-refractivity contribution in [2.24, 2.45) is 0 Å². The van der Waals surface area contributed by atoms with Crippen molar-refractivity contribution in [2.75, 3.05) is 11.5 Å². The number of aldehydes is 1. The van der Waals surface area contributed by atoms with Gasteiger partial charge >= 0.3 is 0 Å². The normalized spacial score (nSPS) is 9.81. The Morgan fingerprint density at radius 2 is 1.94 bits per heavy atom. The van der Waals surface area contributed by atoms with Gasteiger partial charge in [-0.2, -0.15) is 4.98 Å². The quantitative estimate of drug-likeness (QED) is 0.658. The number of carbonyl (C=O) groups is 1. The first kappa shape index (κ1) is 11.9. The van der Waals surface area contributed by atoms with E-state index in [0.717, 1.165) is 11.8 Å². The number of aromatic nitrogens is 2. The molecule has 0 spiro atoms. The second-order valence-electron chi connectivity index (χ2n) is 3.26. The van der Waals surface area contributed by atoms with E-state index < -0.39 is 0 Å². The van der Waals surface area contributed by atoms with Gasteiger partial charge in [-0.25, -0.2) is 4.98 Å². The van der Waals surface area contributed by atoms with Crippen LogP contribution in [-0.4, -0.2) is 21.7 Å². The lowest BCUT2D eigenvalue weighted by molar-refractivity contribution is 0.112. The van der Waals surface area contributed by atoms with E-state index in [1.54, 1.807) is 12.1 Å². The molecule has 6 nitrogen and oxygen atoms in total. The monoisotopic (exact) mass is 220 g/mol. The molecule has 0 bridgehead atoms. The molecule has 1 heterocycles. The van der Waals surface area contributed by atoms with E-state index in [9.17, 15) is 4.79 Å². The number of nitrogens with two attached hydrogens (primary N) is 2.